The highest BCUT2D eigenvalue weighted by Crippen LogP contribution is 2.38. The summed E-state index contributed by atoms with van der Waals surface area (Å²) < 4.78 is 25.5. The van der Waals surface area contributed by atoms with Gasteiger partial charge in [-0.3, -0.25) is 14.5 Å². The number of carbonyl (C=O) groups is 3. The third-order valence-corrected chi connectivity index (χ3v) is 6.62. The molecule has 0 aliphatic carbocycles. The molecule has 9 heteroatoms. The lowest BCUT2D eigenvalue weighted by Gasteiger charge is -2.13. The summed E-state index contributed by atoms with van der Waals surface area (Å²) in [7, 11) is 1.44. The number of carbonyl (C=O) groups excluding carboxylic acids is 3. The first-order valence-electron chi connectivity index (χ1n) is 10.0. The second-order valence-corrected chi connectivity index (χ2v) is 9.30. The molecule has 0 unspecified atom stereocenters. The molecule has 0 bridgehead atoms. The van der Waals surface area contributed by atoms with Gasteiger partial charge in [-0.05, 0) is 76.3 Å². The lowest BCUT2D eigenvalue weighted by Crippen LogP contribution is -2.27. The van der Waals surface area contributed by atoms with Crippen molar-refractivity contribution in [2.45, 2.75) is 6.54 Å². The first-order chi connectivity index (χ1) is 16.4. The van der Waals surface area contributed by atoms with Crippen LogP contribution in [-0.2, 0) is 11.3 Å². The standard InChI is InChI=1S/C25H17FINO5S/c1-32-20-12-15(11-19(27)22(20)33-24(30)16-7-3-2-4-8-16)13-21-23(29)28(25(31)34-21)14-17-9-5-6-10-18(17)26/h2-13H,14H2,1H3/b21-13-. The zero-order valence-electron chi connectivity index (χ0n) is 17.8. The number of thioether (sulfide) groups is 1. The SMILES string of the molecule is COc1cc(/C=C2\SC(=O)N(Cc3ccccc3F)C2=O)cc(I)c1OC(=O)c1ccccc1. The van der Waals surface area contributed by atoms with Crippen molar-refractivity contribution in [1.82, 2.24) is 4.90 Å². The summed E-state index contributed by atoms with van der Waals surface area (Å²) in [5.41, 5.74) is 1.23. The zero-order valence-corrected chi connectivity index (χ0v) is 20.8. The van der Waals surface area contributed by atoms with Gasteiger partial charge in [-0.15, -0.1) is 0 Å². The fourth-order valence-electron chi connectivity index (χ4n) is 3.23. The van der Waals surface area contributed by atoms with Crippen LogP contribution in [0, 0.1) is 9.39 Å². The molecule has 1 fully saturated rings. The molecule has 0 spiro atoms. The summed E-state index contributed by atoms with van der Waals surface area (Å²) in [5, 5.41) is -0.477. The average molecular weight is 589 g/mol. The number of rotatable bonds is 6. The van der Waals surface area contributed by atoms with E-state index in [2.05, 4.69) is 0 Å². The molecule has 1 saturated heterocycles. The number of hydrogen-bond donors (Lipinski definition) is 0. The van der Waals surface area contributed by atoms with Gasteiger partial charge in [0.05, 0.1) is 27.7 Å². The third kappa shape index (κ3) is 5.15. The molecule has 0 aromatic heterocycles. The Labute approximate surface area is 212 Å². The van der Waals surface area contributed by atoms with Crippen LogP contribution in [0.15, 0.2) is 71.6 Å². The maximum Gasteiger partial charge on any atom is 0.343 e. The van der Waals surface area contributed by atoms with E-state index in [0.29, 0.717) is 20.4 Å². The number of benzene rings is 3. The second kappa shape index (κ2) is 10.4. The summed E-state index contributed by atoms with van der Waals surface area (Å²) in [6, 6.07) is 17.9. The van der Waals surface area contributed by atoms with Gasteiger partial charge in [0.2, 0.25) is 0 Å². The van der Waals surface area contributed by atoms with Crippen LogP contribution < -0.4 is 9.47 Å². The van der Waals surface area contributed by atoms with Crippen LogP contribution in [-0.4, -0.2) is 29.1 Å². The largest absolute Gasteiger partial charge is 0.493 e. The van der Waals surface area contributed by atoms with Crippen LogP contribution in [0.4, 0.5) is 9.18 Å². The van der Waals surface area contributed by atoms with Crippen molar-refractivity contribution in [2.75, 3.05) is 7.11 Å². The Morgan fingerprint density at radius 1 is 1.09 bits per heavy atom. The number of ether oxygens (including phenoxy) is 2. The molecular weight excluding hydrogens is 572 g/mol. The topological polar surface area (TPSA) is 72.9 Å². The lowest BCUT2D eigenvalue weighted by atomic mass is 10.1. The van der Waals surface area contributed by atoms with Crippen LogP contribution in [0.25, 0.3) is 6.08 Å². The van der Waals surface area contributed by atoms with Gasteiger partial charge in [-0.2, -0.15) is 0 Å². The van der Waals surface area contributed by atoms with Crippen molar-refractivity contribution in [3.05, 3.63) is 97.7 Å². The zero-order chi connectivity index (χ0) is 24.2. The highest BCUT2D eigenvalue weighted by atomic mass is 127. The van der Waals surface area contributed by atoms with E-state index in [1.165, 1.54) is 19.2 Å². The van der Waals surface area contributed by atoms with Crippen LogP contribution in [0.3, 0.4) is 0 Å². The number of methoxy groups -OCH3 is 1. The number of amides is 2. The predicted molar refractivity (Wildman–Crippen MR) is 135 cm³/mol. The van der Waals surface area contributed by atoms with Crippen molar-refractivity contribution < 1.29 is 28.2 Å². The van der Waals surface area contributed by atoms with Crippen molar-refractivity contribution in [2.24, 2.45) is 0 Å². The number of nitrogens with zero attached hydrogens (tertiary/aromatic N) is 1. The average Bonchev–Trinajstić information content (AvgIpc) is 3.09. The molecule has 2 amide bonds. The molecule has 1 aliphatic rings. The summed E-state index contributed by atoms with van der Waals surface area (Å²) in [6.07, 6.45) is 1.56. The molecule has 34 heavy (non-hydrogen) atoms. The first-order valence-corrected chi connectivity index (χ1v) is 11.9. The van der Waals surface area contributed by atoms with Crippen molar-refractivity contribution in [3.8, 4) is 11.5 Å². The molecule has 0 radical (unpaired) electrons. The van der Waals surface area contributed by atoms with E-state index >= 15 is 0 Å². The molecule has 1 heterocycles. The van der Waals surface area contributed by atoms with Gasteiger partial charge in [-0.25, -0.2) is 9.18 Å². The fraction of sp³-hybridized carbons (Fsp3) is 0.0800. The van der Waals surface area contributed by atoms with E-state index in [9.17, 15) is 18.8 Å². The van der Waals surface area contributed by atoms with E-state index in [1.54, 1.807) is 60.7 Å². The minimum atomic E-state index is -0.529. The highest BCUT2D eigenvalue weighted by molar-refractivity contribution is 14.1. The first kappa shape index (κ1) is 24.0. The van der Waals surface area contributed by atoms with Crippen molar-refractivity contribution in [3.63, 3.8) is 0 Å². The molecule has 3 aromatic rings. The summed E-state index contributed by atoms with van der Waals surface area (Å²) >= 11 is 2.79. The van der Waals surface area contributed by atoms with E-state index in [0.717, 1.165) is 16.7 Å². The van der Waals surface area contributed by atoms with Gasteiger partial charge in [0, 0.05) is 5.56 Å². The Hall–Kier alpha value is -3.18. The second-order valence-electron chi connectivity index (χ2n) is 7.15. The Bertz CT molecular complexity index is 1310. The minimum absolute atomic E-state index is 0.149. The summed E-state index contributed by atoms with van der Waals surface area (Å²) in [5.74, 6) is -0.967. The molecule has 3 aromatic carbocycles. The predicted octanol–water partition coefficient (Wildman–Crippen LogP) is 5.89. The van der Waals surface area contributed by atoms with E-state index in [-0.39, 0.29) is 22.8 Å². The maximum absolute atomic E-state index is 14.0. The van der Waals surface area contributed by atoms with Gasteiger partial charge in [0.1, 0.15) is 5.82 Å². The van der Waals surface area contributed by atoms with Gasteiger partial charge in [-0.1, -0.05) is 36.4 Å². The van der Waals surface area contributed by atoms with Gasteiger partial charge < -0.3 is 9.47 Å². The normalized spacial score (nSPS) is 14.6. The van der Waals surface area contributed by atoms with Crippen LogP contribution >= 0.6 is 34.4 Å². The molecule has 4 rings (SSSR count). The Balaban J connectivity index is 1.57. The molecule has 0 atom stereocenters. The van der Waals surface area contributed by atoms with Crippen molar-refractivity contribution in [1.29, 1.82) is 0 Å². The van der Waals surface area contributed by atoms with E-state index < -0.39 is 22.9 Å². The Morgan fingerprint density at radius 3 is 2.50 bits per heavy atom. The number of esters is 1. The third-order valence-electron chi connectivity index (χ3n) is 4.91. The monoisotopic (exact) mass is 589 g/mol. The number of hydrogen-bond acceptors (Lipinski definition) is 6. The van der Waals surface area contributed by atoms with Gasteiger partial charge in [0.15, 0.2) is 11.5 Å². The number of halogens is 2. The highest BCUT2D eigenvalue weighted by Gasteiger charge is 2.35. The fourth-order valence-corrected chi connectivity index (χ4v) is 4.81. The molecule has 1 aliphatic heterocycles. The molecule has 172 valence electrons. The summed E-state index contributed by atoms with van der Waals surface area (Å²) in [6.45, 7) is -0.149. The van der Waals surface area contributed by atoms with Crippen LogP contribution in [0.5, 0.6) is 11.5 Å². The Morgan fingerprint density at radius 2 is 1.79 bits per heavy atom. The number of imide groups is 1. The molecule has 0 N–H and O–H groups in total. The maximum atomic E-state index is 14.0. The molecule has 6 nitrogen and oxygen atoms in total. The molecule has 0 saturated carbocycles. The lowest BCUT2D eigenvalue weighted by molar-refractivity contribution is -0.123. The summed E-state index contributed by atoms with van der Waals surface area (Å²) in [4.78, 5) is 38.9. The van der Waals surface area contributed by atoms with Gasteiger partial charge in [0.25, 0.3) is 11.1 Å². The quantitative estimate of drug-likeness (QED) is 0.155. The van der Waals surface area contributed by atoms with E-state index in [1.807, 2.05) is 22.6 Å². The van der Waals surface area contributed by atoms with Gasteiger partial charge >= 0.3 is 5.97 Å². The van der Waals surface area contributed by atoms with Crippen LogP contribution in [0.2, 0.25) is 0 Å². The smallest absolute Gasteiger partial charge is 0.343 e. The minimum Gasteiger partial charge on any atom is -0.493 e. The van der Waals surface area contributed by atoms with Crippen LogP contribution in [0.1, 0.15) is 21.5 Å². The Kier molecular flexibility index (Phi) is 7.32. The van der Waals surface area contributed by atoms with Crippen molar-refractivity contribution >= 4 is 57.5 Å². The van der Waals surface area contributed by atoms with E-state index in [4.69, 9.17) is 9.47 Å². The molecular formula is C25H17FINO5S.